The van der Waals surface area contributed by atoms with Crippen molar-refractivity contribution in [2.24, 2.45) is 0 Å². The van der Waals surface area contributed by atoms with Crippen LogP contribution < -0.4 is 10.0 Å². The molecule has 2 rings (SSSR count). The Morgan fingerprint density at radius 2 is 1.80 bits per heavy atom. The first-order valence-electron chi connectivity index (χ1n) is 7.04. The molecule has 25 heavy (non-hydrogen) atoms. The highest BCUT2D eigenvalue weighted by atomic mass is 127. The molecule has 2 N–H and O–H groups in total. The maximum Gasteiger partial charge on any atom is 0.411 e. The van der Waals surface area contributed by atoms with Gasteiger partial charge in [-0.25, -0.2) is 17.9 Å². The molecule has 0 bridgehead atoms. The maximum absolute atomic E-state index is 11.8. The summed E-state index contributed by atoms with van der Waals surface area (Å²) in [6.07, 6.45) is 0.268. The fourth-order valence-electron chi connectivity index (χ4n) is 1.85. The van der Waals surface area contributed by atoms with Crippen LogP contribution in [0.15, 0.2) is 48.5 Å². The summed E-state index contributed by atoms with van der Waals surface area (Å²) in [5.74, 6) is -0.737. The van der Waals surface area contributed by atoms with Crippen molar-refractivity contribution in [3.8, 4) is 0 Å². The predicted molar refractivity (Wildman–Crippen MR) is 102 cm³/mol. The minimum absolute atomic E-state index is 0.137. The van der Waals surface area contributed by atoms with Gasteiger partial charge in [-0.3, -0.25) is 10.1 Å². The van der Waals surface area contributed by atoms with Gasteiger partial charge in [0.25, 0.3) is 5.91 Å². The zero-order valence-corrected chi connectivity index (χ0v) is 16.1. The number of amides is 2. The van der Waals surface area contributed by atoms with Crippen LogP contribution in [-0.4, -0.2) is 26.7 Å². The third kappa shape index (κ3) is 6.35. The molecular weight excluding hydrogens is 459 g/mol. The fourth-order valence-corrected chi connectivity index (χ4v) is 2.96. The molecule has 0 saturated heterocycles. The molecule has 0 aliphatic carbocycles. The molecule has 0 heterocycles. The van der Waals surface area contributed by atoms with E-state index in [4.69, 9.17) is 4.74 Å². The largest absolute Gasteiger partial charge is 0.444 e. The summed E-state index contributed by atoms with van der Waals surface area (Å²) in [5, 5.41) is 2.58. The summed E-state index contributed by atoms with van der Waals surface area (Å²) >= 11 is 1.93. The Morgan fingerprint density at radius 3 is 2.40 bits per heavy atom. The maximum atomic E-state index is 11.8. The van der Waals surface area contributed by atoms with Gasteiger partial charge in [0.2, 0.25) is 10.0 Å². The molecule has 0 atom stereocenters. The van der Waals surface area contributed by atoms with Crippen LogP contribution in [0.5, 0.6) is 0 Å². The number of hydrogen-bond donors (Lipinski definition) is 2. The van der Waals surface area contributed by atoms with E-state index in [0.717, 1.165) is 11.8 Å². The summed E-state index contributed by atoms with van der Waals surface area (Å²) in [5.41, 5.74) is 1.48. The molecule has 0 spiro atoms. The third-order valence-corrected chi connectivity index (χ3v) is 4.41. The first kappa shape index (κ1) is 19.2. The van der Waals surface area contributed by atoms with Crippen molar-refractivity contribution in [2.75, 3.05) is 11.6 Å². The lowest BCUT2D eigenvalue weighted by Gasteiger charge is -2.10. The van der Waals surface area contributed by atoms with E-state index in [9.17, 15) is 18.0 Å². The van der Waals surface area contributed by atoms with Crippen LogP contribution in [-0.2, 0) is 21.4 Å². The Balaban J connectivity index is 1.98. The number of carbonyl (C=O) groups is 2. The molecule has 0 aromatic heterocycles. The topological polar surface area (TPSA) is 102 Å². The molecule has 7 nitrogen and oxygen atoms in total. The van der Waals surface area contributed by atoms with Gasteiger partial charge >= 0.3 is 6.09 Å². The van der Waals surface area contributed by atoms with Crippen LogP contribution in [0.3, 0.4) is 0 Å². The van der Waals surface area contributed by atoms with E-state index >= 15 is 0 Å². The molecule has 0 aliphatic heterocycles. The van der Waals surface area contributed by atoms with Gasteiger partial charge in [-0.05, 0) is 46.4 Å². The summed E-state index contributed by atoms with van der Waals surface area (Å²) in [6.45, 7) is 0.137. The summed E-state index contributed by atoms with van der Waals surface area (Å²) in [4.78, 5) is 23.6. The molecule has 2 aromatic rings. The van der Waals surface area contributed by atoms with Gasteiger partial charge in [-0.15, -0.1) is 0 Å². The van der Waals surface area contributed by atoms with E-state index in [1.54, 1.807) is 0 Å². The number of ether oxygens (including phenoxy) is 1. The molecule has 9 heteroatoms. The number of carbonyl (C=O) groups excluding carboxylic acids is 2. The number of anilines is 1. The fraction of sp³-hybridized carbons (Fsp3) is 0.125. The van der Waals surface area contributed by atoms with Crippen LogP contribution in [0.2, 0.25) is 0 Å². The minimum atomic E-state index is -3.64. The zero-order chi connectivity index (χ0) is 18.4. The van der Waals surface area contributed by atoms with Gasteiger partial charge in [-0.2, -0.15) is 0 Å². The summed E-state index contributed by atoms with van der Waals surface area (Å²) in [6, 6.07) is 13.6. The molecule has 0 radical (unpaired) electrons. The zero-order valence-electron chi connectivity index (χ0n) is 13.2. The van der Waals surface area contributed by atoms with E-state index in [1.165, 1.54) is 18.2 Å². The van der Waals surface area contributed by atoms with E-state index < -0.39 is 22.0 Å². The van der Waals surface area contributed by atoms with Crippen LogP contribution >= 0.6 is 22.6 Å². The molecule has 0 unspecified atom stereocenters. The molecule has 2 amide bonds. The normalized spacial score (nSPS) is 10.8. The monoisotopic (exact) mass is 474 g/mol. The van der Waals surface area contributed by atoms with E-state index in [2.05, 4.69) is 5.32 Å². The lowest BCUT2D eigenvalue weighted by atomic mass is 10.2. The Hall–Kier alpha value is -2.14. The van der Waals surface area contributed by atoms with Crippen molar-refractivity contribution in [3.63, 3.8) is 0 Å². The van der Waals surface area contributed by atoms with Gasteiger partial charge in [0.1, 0.15) is 6.61 Å². The smallest absolute Gasteiger partial charge is 0.411 e. The van der Waals surface area contributed by atoms with E-state index in [1.807, 2.05) is 57.6 Å². The highest BCUT2D eigenvalue weighted by molar-refractivity contribution is 14.1. The standard InChI is InChI=1S/C16H15IN2O5S/c1-25(22,23)19-15(20)12-7-8-14(13(17)9-12)18-16(21)24-10-11-5-3-2-4-6-11/h2-9H,10H2,1H3,(H,18,21)(H,19,20). The Kier molecular flexibility index (Phi) is 6.37. The van der Waals surface area contributed by atoms with Crippen molar-refractivity contribution in [1.29, 1.82) is 0 Å². The average Bonchev–Trinajstić information content (AvgIpc) is 2.54. The number of benzene rings is 2. The lowest BCUT2D eigenvalue weighted by molar-refractivity contribution is 0.0981. The van der Waals surface area contributed by atoms with Crippen molar-refractivity contribution in [1.82, 2.24) is 4.72 Å². The molecule has 0 saturated carbocycles. The van der Waals surface area contributed by atoms with Gasteiger partial charge in [0.15, 0.2) is 0 Å². The molecule has 0 fully saturated rings. The third-order valence-electron chi connectivity index (χ3n) is 2.96. The molecule has 2 aromatic carbocycles. The van der Waals surface area contributed by atoms with Crippen LogP contribution in [0.4, 0.5) is 10.5 Å². The van der Waals surface area contributed by atoms with Gasteiger partial charge in [0.05, 0.1) is 11.9 Å². The first-order valence-corrected chi connectivity index (χ1v) is 10.0. The number of hydrogen-bond acceptors (Lipinski definition) is 5. The second-order valence-corrected chi connectivity index (χ2v) is 8.00. The second kappa shape index (κ2) is 8.30. The van der Waals surface area contributed by atoms with Crippen molar-refractivity contribution in [2.45, 2.75) is 6.61 Å². The van der Waals surface area contributed by atoms with Crippen LogP contribution in [0.25, 0.3) is 0 Å². The van der Waals surface area contributed by atoms with Crippen molar-refractivity contribution < 1.29 is 22.7 Å². The average molecular weight is 474 g/mol. The van der Waals surface area contributed by atoms with Crippen molar-refractivity contribution in [3.05, 3.63) is 63.2 Å². The highest BCUT2D eigenvalue weighted by Gasteiger charge is 2.14. The quantitative estimate of drug-likeness (QED) is 0.650. The van der Waals surface area contributed by atoms with Gasteiger partial charge < -0.3 is 4.74 Å². The van der Waals surface area contributed by atoms with Gasteiger partial charge in [0, 0.05) is 9.13 Å². The number of rotatable bonds is 5. The minimum Gasteiger partial charge on any atom is -0.444 e. The molecular formula is C16H15IN2O5S. The van der Waals surface area contributed by atoms with Gasteiger partial charge in [-0.1, -0.05) is 30.3 Å². The Morgan fingerprint density at radius 1 is 1.12 bits per heavy atom. The molecule has 132 valence electrons. The number of halogens is 1. The van der Waals surface area contributed by atoms with E-state index in [0.29, 0.717) is 9.26 Å². The first-order chi connectivity index (χ1) is 11.7. The Labute approximate surface area is 159 Å². The second-order valence-electron chi connectivity index (χ2n) is 5.08. The Bertz CT molecular complexity index is 885. The lowest BCUT2D eigenvalue weighted by Crippen LogP contribution is -2.29. The van der Waals surface area contributed by atoms with Crippen LogP contribution in [0.1, 0.15) is 15.9 Å². The number of sulfonamides is 1. The predicted octanol–water partition coefficient (Wildman–Crippen LogP) is 2.73. The number of nitrogens with one attached hydrogen (secondary N) is 2. The summed E-state index contributed by atoms with van der Waals surface area (Å²) in [7, 11) is -3.64. The highest BCUT2D eigenvalue weighted by Crippen LogP contribution is 2.20. The summed E-state index contributed by atoms with van der Waals surface area (Å²) < 4.78 is 29.8. The van der Waals surface area contributed by atoms with E-state index in [-0.39, 0.29) is 12.2 Å². The van der Waals surface area contributed by atoms with Crippen molar-refractivity contribution >= 4 is 50.3 Å². The SMILES string of the molecule is CS(=O)(=O)NC(=O)c1ccc(NC(=O)OCc2ccccc2)c(I)c1. The van der Waals surface area contributed by atoms with Crippen LogP contribution in [0, 0.1) is 3.57 Å². The molecule has 0 aliphatic rings.